The second-order valence-corrected chi connectivity index (χ2v) is 21.6. The van der Waals surface area contributed by atoms with E-state index in [4.69, 9.17) is 16.2 Å². The van der Waals surface area contributed by atoms with Crippen molar-refractivity contribution in [2.24, 2.45) is 17.4 Å². The van der Waals surface area contributed by atoms with E-state index in [1.54, 1.807) is 39.4 Å². The number of H-pyrrole nitrogens is 3. The van der Waals surface area contributed by atoms with Crippen LogP contribution in [0, 0.1) is 5.92 Å². The van der Waals surface area contributed by atoms with E-state index in [0.29, 0.717) is 29.5 Å². The summed E-state index contributed by atoms with van der Waals surface area (Å²) >= 11 is 0. The van der Waals surface area contributed by atoms with Crippen molar-refractivity contribution in [2.75, 3.05) is 0 Å². The zero-order valence-electron chi connectivity index (χ0n) is 46.4. The summed E-state index contributed by atoms with van der Waals surface area (Å²) in [5.74, 6) is -6.10. The van der Waals surface area contributed by atoms with E-state index in [2.05, 4.69) is 52.2 Å². The highest BCUT2D eigenvalue weighted by Crippen LogP contribution is 2.23. The van der Waals surface area contributed by atoms with Crippen LogP contribution in [0.1, 0.15) is 104 Å². The Morgan fingerprint density at radius 1 is 0.500 bits per heavy atom. The fraction of sp³-hybridized carbons (Fsp3) is 0.431. The molecule has 0 aliphatic carbocycles. The molecule has 3 aromatic carbocycles. The average molecular weight is 1100 g/mol. The van der Waals surface area contributed by atoms with Gasteiger partial charge in [-0.15, -0.1) is 0 Å². The molecule has 80 heavy (non-hydrogen) atoms. The Morgan fingerprint density at radius 3 is 1.30 bits per heavy atom. The minimum Gasteiger partial charge on any atom is -0.444 e. The number of aromatic amines is 3. The molecule has 22 nitrogen and oxygen atoms in total. The normalized spacial score (nSPS) is 14.2. The number of nitrogens with two attached hydrogens (primary N) is 2. The predicted molar refractivity (Wildman–Crippen MR) is 303 cm³/mol. The van der Waals surface area contributed by atoms with Gasteiger partial charge in [-0.25, -0.2) is 4.79 Å². The molecule has 3 heterocycles. The molecule has 0 unspecified atom stereocenters. The maximum Gasteiger partial charge on any atom is 0.408 e. The minimum absolute atomic E-state index is 0.0571. The van der Waals surface area contributed by atoms with Gasteiger partial charge in [0.25, 0.3) is 0 Å². The summed E-state index contributed by atoms with van der Waals surface area (Å²) in [6.07, 6.45) is 5.27. The second kappa shape index (κ2) is 27.8. The Kier molecular flexibility index (Phi) is 21.0. The molecule has 14 N–H and O–H groups in total. The van der Waals surface area contributed by atoms with Crippen molar-refractivity contribution < 1.29 is 47.9 Å². The molecular formula is C58H76N12O10. The smallest absolute Gasteiger partial charge is 0.408 e. The molecule has 0 bridgehead atoms. The van der Waals surface area contributed by atoms with Gasteiger partial charge in [-0.2, -0.15) is 0 Å². The summed E-state index contributed by atoms with van der Waals surface area (Å²) < 4.78 is 5.37. The number of ether oxygens (including phenoxy) is 1. The quantitative estimate of drug-likeness (QED) is 0.0335. The van der Waals surface area contributed by atoms with Gasteiger partial charge in [-0.3, -0.25) is 38.4 Å². The zero-order chi connectivity index (χ0) is 58.3. The zero-order valence-corrected chi connectivity index (χ0v) is 46.4. The van der Waals surface area contributed by atoms with Gasteiger partial charge >= 0.3 is 6.09 Å². The first-order valence-corrected chi connectivity index (χ1v) is 27.0. The number of carbonyl (C=O) groups excluding carboxylic acids is 9. The van der Waals surface area contributed by atoms with Crippen molar-refractivity contribution >= 4 is 86.1 Å². The lowest BCUT2D eigenvalue weighted by molar-refractivity contribution is -0.135. The van der Waals surface area contributed by atoms with Crippen LogP contribution < -0.4 is 48.7 Å². The van der Waals surface area contributed by atoms with Crippen LogP contribution >= 0.6 is 0 Å². The van der Waals surface area contributed by atoms with Crippen LogP contribution in [0.3, 0.4) is 0 Å². The van der Waals surface area contributed by atoms with E-state index in [1.165, 1.54) is 6.92 Å². The Labute approximate surface area is 464 Å². The molecule has 0 spiro atoms. The number of primary amides is 2. The predicted octanol–water partition coefficient (Wildman–Crippen LogP) is 3.97. The third kappa shape index (κ3) is 17.2. The molecule has 0 aliphatic heterocycles. The first-order chi connectivity index (χ1) is 38.0. The number of para-hydroxylation sites is 3. The Bertz CT molecular complexity index is 3170. The van der Waals surface area contributed by atoms with E-state index < -0.39 is 101 Å². The summed E-state index contributed by atoms with van der Waals surface area (Å²) in [6.45, 7) is 12.0. The number of amides is 9. The first-order valence-electron chi connectivity index (χ1n) is 27.0. The standard InChI is InChI=1S/C58H76N12O10/c1-8-9-19-43(50(60)72)65-54(76)45(25-32(2)3)67-56(78)48(28-36-31-63-42-22-15-12-18-39(36)42)69-55(77)47(27-35-30-62-41-21-14-11-17-38(35)41)66-51(73)33(4)64-53(75)46(26-34-29-61-40-20-13-10-16-37(34)40)68-52(74)44(23-24-49(59)71)70-57(79)80-58(5,6)7/h10-18,20-22,29-33,43-48,61-63H,8-9,19,23-28H2,1-7H3,(H2,59,71)(H2,60,72)(H,64,75)(H,65,76)(H,66,73)(H,67,78)(H,68,74)(H,69,77)(H,70,79)/t33-,43-,44+,45-,46-,47+,48+/m0/s1. The molecule has 428 valence electrons. The van der Waals surface area contributed by atoms with Crippen molar-refractivity contribution in [3.8, 4) is 0 Å². The highest BCUT2D eigenvalue weighted by Gasteiger charge is 2.35. The summed E-state index contributed by atoms with van der Waals surface area (Å²) in [6, 6.07) is 13.2. The minimum atomic E-state index is -1.38. The highest BCUT2D eigenvalue weighted by molar-refractivity contribution is 5.99. The Balaban J connectivity index is 1.29. The number of unbranched alkanes of at least 4 members (excludes halogenated alkanes) is 1. The fourth-order valence-corrected chi connectivity index (χ4v) is 9.36. The van der Waals surface area contributed by atoms with Gasteiger partial charge in [0.05, 0.1) is 0 Å². The molecule has 0 fully saturated rings. The molecule has 9 amide bonds. The van der Waals surface area contributed by atoms with Crippen molar-refractivity contribution in [1.82, 2.24) is 52.2 Å². The van der Waals surface area contributed by atoms with Crippen molar-refractivity contribution in [1.29, 1.82) is 0 Å². The maximum atomic E-state index is 15.0. The fourth-order valence-electron chi connectivity index (χ4n) is 9.36. The van der Waals surface area contributed by atoms with Crippen LogP contribution in [0.4, 0.5) is 4.79 Å². The number of rotatable bonds is 28. The topological polar surface area (TPSA) is 346 Å². The van der Waals surface area contributed by atoms with Crippen molar-refractivity contribution in [2.45, 2.75) is 154 Å². The number of benzene rings is 3. The lowest BCUT2D eigenvalue weighted by atomic mass is 9.99. The van der Waals surface area contributed by atoms with Crippen molar-refractivity contribution in [3.05, 3.63) is 108 Å². The van der Waals surface area contributed by atoms with Gasteiger partial charge in [0.2, 0.25) is 47.3 Å². The first kappa shape index (κ1) is 60.5. The number of nitrogens with one attached hydrogen (secondary N) is 10. The molecule has 6 rings (SSSR count). The number of fused-ring (bicyclic) bond motifs is 3. The van der Waals surface area contributed by atoms with Crippen LogP contribution in [0.5, 0.6) is 0 Å². The summed E-state index contributed by atoms with van der Waals surface area (Å²) in [7, 11) is 0. The molecule has 0 saturated carbocycles. The third-order valence-electron chi connectivity index (χ3n) is 13.5. The van der Waals surface area contributed by atoms with Crippen LogP contribution in [0.2, 0.25) is 0 Å². The molecular weight excluding hydrogens is 1020 g/mol. The second-order valence-electron chi connectivity index (χ2n) is 21.6. The SMILES string of the molecule is CCCC[C@H](NC(=O)[C@H](CC(C)C)NC(=O)[C@@H](Cc1c[nH]c2ccccc12)NC(=O)[C@@H](Cc1c[nH]c2ccccc12)NC(=O)[C@H](C)NC(=O)[C@H](Cc1c[nH]c2ccccc12)NC(=O)[C@@H](CCC(N)=O)NC(=O)OC(C)(C)C)C(N)=O. The van der Waals surface area contributed by atoms with E-state index in [1.807, 2.05) is 93.6 Å². The van der Waals surface area contributed by atoms with Crippen molar-refractivity contribution in [3.63, 3.8) is 0 Å². The van der Waals surface area contributed by atoms with E-state index >= 15 is 0 Å². The molecule has 7 atom stereocenters. The lowest BCUT2D eigenvalue weighted by Gasteiger charge is -2.28. The Hall–Kier alpha value is -8.69. The number of carbonyl (C=O) groups is 9. The summed E-state index contributed by atoms with van der Waals surface area (Å²) in [5.41, 5.74) is 14.4. The number of alkyl carbamates (subject to hydrolysis) is 1. The monoisotopic (exact) mass is 1100 g/mol. The molecule has 22 heteroatoms. The Morgan fingerprint density at radius 2 is 0.887 bits per heavy atom. The largest absolute Gasteiger partial charge is 0.444 e. The van der Waals surface area contributed by atoms with E-state index in [9.17, 15) is 43.2 Å². The highest BCUT2D eigenvalue weighted by atomic mass is 16.6. The van der Waals surface area contributed by atoms with Gasteiger partial charge < -0.3 is 68.4 Å². The summed E-state index contributed by atoms with van der Waals surface area (Å²) in [5, 5.41) is 21.4. The number of hydrogen-bond donors (Lipinski definition) is 12. The molecule has 0 saturated heterocycles. The molecule has 0 aliphatic rings. The van der Waals surface area contributed by atoms with E-state index in [0.717, 1.165) is 39.1 Å². The third-order valence-corrected chi connectivity index (χ3v) is 13.5. The molecule has 0 radical (unpaired) electrons. The summed E-state index contributed by atoms with van der Waals surface area (Å²) in [4.78, 5) is 133. The number of hydrogen-bond acceptors (Lipinski definition) is 10. The van der Waals surface area contributed by atoms with Crippen LogP contribution in [-0.2, 0) is 62.4 Å². The lowest BCUT2D eigenvalue weighted by Crippen LogP contribution is -2.60. The molecule has 3 aromatic heterocycles. The van der Waals surface area contributed by atoms with Gasteiger partial charge in [0, 0.05) is 77.0 Å². The van der Waals surface area contributed by atoms with Crippen LogP contribution in [0.15, 0.2) is 91.4 Å². The molecule has 6 aromatic rings. The van der Waals surface area contributed by atoms with Crippen LogP contribution in [-0.4, -0.2) is 116 Å². The van der Waals surface area contributed by atoms with Gasteiger partial charge in [-0.05, 0) is 87.8 Å². The van der Waals surface area contributed by atoms with Gasteiger partial charge in [0.15, 0.2) is 0 Å². The van der Waals surface area contributed by atoms with Gasteiger partial charge in [0.1, 0.15) is 47.9 Å². The average Bonchev–Trinajstić information content (AvgIpc) is 4.14. The van der Waals surface area contributed by atoms with E-state index in [-0.39, 0.29) is 44.4 Å². The van der Waals surface area contributed by atoms with Gasteiger partial charge in [-0.1, -0.05) is 88.2 Å². The number of aromatic nitrogens is 3. The van der Waals surface area contributed by atoms with Crippen LogP contribution in [0.25, 0.3) is 32.7 Å². The maximum absolute atomic E-state index is 15.0.